The molecule has 0 amide bonds. The van der Waals surface area contributed by atoms with E-state index in [9.17, 15) is 4.79 Å². The molecule has 32 heavy (non-hydrogen) atoms. The number of rotatable bonds is 6. The van der Waals surface area contributed by atoms with E-state index < -0.39 is 0 Å². The van der Waals surface area contributed by atoms with Gasteiger partial charge in [-0.15, -0.1) is 0 Å². The van der Waals surface area contributed by atoms with E-state index in [-0.39, 0.29) is 5.56 Å². The smallest absolute Gasteiger partial charge is 0.266 e. The summed E-state index contributed by atoms with van der Waals surface area (Å²) in [7, 11) is 1.58. The second-order valence-electron chi connectivity index (χ2n) is 6.89. The molecule has 5 rings (SSSR count). The van der Waals surface area contributed by atoms with Gasteiger partial charge in [0.1, 0.15) is 5.75 Å². The van der Waals surface area contributed by atoms with Crippen molar-refractivity contribution in [2.75, 3.05) is 7.11 Å². The van der Waals surface area contributed by atoms with Gasteiger partial charge in [-0.25, -0.2) is 4.98 Å². The lowest BCUT2D eigenvalue weighted by Crippen LogP contribution is -2.22. The number of aromatic nitrogens is 4. The van der Waals surface area contributed by atoms with Crippen molar-refractivity contribution in [2.45, 2.75) is 10.9 Å². The highest BCUT2D eigenvalue weighted by atomic mass is 32.2. The van der Waals surface area contributed by atoms with E-state index in [1.807, 2.05) is 72.8 Å². The van der Waals surface area contributed by atoms with Crippen LogP contribution in [0, 0.1) is 0 Å². The molecule has 2 aromatic heterocycles. The molecule has 0 unspecified atom stereocenters. The van der Waals surface area contributed by atoms with Crippen molar-refractivity contribution in [3.63, 3.8) is 0 Å². The predicted octanol–water partition coefficient (Wildman–Crippen LogP) is 4.74. The number of fused-ring (bicyclic) bond motifs is 1. The number of nitrogens with zero attached hydrogens (tertiary/aromatic N) is 4. The van der Waals surface area contributed by atoms with Crippen LogP contribution in [0.3, 0.4) is 0 Å². The van der Waals surface area contributed by atoms with E-state index in [2.05, 4.69) is 10.1 Å². The second-order valence-corrected chi connectivity index (χ2v) is 7.83. The summed E-state index contributed by atoms with van der Waals surface area (Å²) in [6.07, 6.45) is 0. The van der Waals surface area contributed by atoms with Crippen molar-refractivity contribution >= 4 is 22.7 Å². The molecule has 0 radical (unpaired) electrons. The fourth-order valence-corrected chi connectivity index (χ4v) is 4.22. The third-order valence-corrected chi connectivity index (χ3v) is 5.82. The Balaban J connectivity index is 1.55. The van der Waals surface area contributed by atoms with E-state index in [1.165, 1.54) is 11.8 Å². The van der Waals surface area contributed by atoms with Gasteiger partial charge in [-0.1, -0.05) is 71.5 Å². The van der Waals surface area contributed by atoms with Gasteiger partial charge in [-0.3, -0.25) is 9.36 Å². The Bertz CT molecular complexity index is 1450. The molecule has 0 fully saturated rings. The maximum absolute atomic E-state index is 13.4. The molecule has 3 aromatic carbocycles. The van der Waals surface area contributed by atoms with E-state index in [0.29, 0.717) is 45.0 Å². The molecule has 0 atom stereocenters. The third kappa shape index (κ3) is 3.76. The number of methoxy groups -OCH3 is 1. The van der Waals surface area contributed by atoms with Gasteiger partial charge in [-0.05, 0) is 24.3 Å². The monoisotopic (exact) mass is 442 g/mol. The molecule has 5 aromatic rings. The van der Waals surface area contributed by atoms with Crippen molar-refractivity contribution in [1.29, 1.82) is 0 Å². The first kappa shape index (κ1) is 20.0. The number of hydrogen-bond acceptors (Lipinski definition) is 7. The van der Waals surface area contributed by atoms with Crippen LogP contribution in [0.25, 0.3) is 28.0 Å². The minimum absolute atomic E-state index is 0.168. The summed E-state index contributed by atoms with van der Waals surface area (Å²) in [6, 6.07) is 24.3. The zero-order valence-electron chi connectivity index (χ0n) is 17.1. The standard InChI is InChI=1S/C24H18N4O3S/c1-30-20-14-8-7-13-19(20)28-23(29)17-11-5-6-12-18(17)25-24(28)32-15-21-26-22(27-31-21)16-9-3-2-4-10-16/h2-14H,15H2,1H3. The van der Waals surface area contributed by atoms with E-state index >= 15 is 0 Å². The van der Waals surface area contributed by atoms with Crippen molar-refractivity contribution in [2.24, 2.45) is 0 Å². The summed E-state index contributed by atoms with van der Waals surface area (Å²) >= 11 is 1.35. The highest BCUT2D eigenvalue weighted by Gasteiger charge is 2.17. The Morgan fingerprint density at radius 1 is 0.938 bits per heavy atom. The van der Waals surface area contributed by atoms with Gasteiger partial charge in [0.25, 0.3) is 5.56 Å². The van der Waals surface area contributed by atoms with Crippen LogP contribution in [0.1, 0.15) is 5.89 Å². The number of hydrogen-bond donors (Lipinski definition) is 0. The minimum Gasteiger partial charge on any atom is -0.495 e. The average Bonchev–Trinajstić information content (AvgIpc) is 3.33. The van der Waals surface area contributed by atoms with Crippen LogP contribution in [-0.2, 0) is 5.75 Å². The molecule has 0 aliphatic heterocycles. The molecule has 0 aliphatic carbocycles. The molecule has 158 valence electrons. The van der Waals surface area contributed by atoms with Crippen molar-refractivity contribution in [1.82, 2.24) is 19.7 Å². The van der Waals surface area contributed by atoms with Crippen LogP contribution in [-0.4, -0.2) is 26.8 Å². The fourth-order valence-electron chi connectivity index (χ4n) is 3.38. The minimum atomic E-state index is -0.168. The van der Waals surface area contributed by atoms with E-state index in [1.54, 1.807) is 17.7 Å². The zero-order valence-corrected chi connectivity index (χ0v) is 18.0. The molecule has 0 saturated carbocycles. The topological polar surface area (TPSA) is 83.0 Å². The van der Waals surface area contributed by atoms with Crippen LogP contribution in [0.15, 0.2) is 93.3 Å². The zero-order chi connectivity index (χ0) is 21.9. The van der Waals surface area contributed by atoms with Gasteiger partial charge < -0.3 is 9.26 Å². The van der Waals surface area contributed by atoms with Gasteiger partial charge in [-0.2, -0.15) is 4.98 Å². The molecule has 8 heteroatoms. The summed E-state index contributed by atoms with van der Waals surface area (Å²) < 4.78 is 12.5. The summed E-state index contributed by atoms with van der Waals surface area (Å²) in [5, 5.41) is 5.11. The Kier molecular flexibility index (Phi) is 5.43. The molecule has 7 nitrogen and oxygen atoms in total. The maximum atomic E-state index is 13.4. The Hall–Kier alpha value is -3.91. The largest absolute Gasteiger partial charge is 0.495 e. The van der Waals surface area contributed by atoms with Gasteiger partial charge in [0.05, 0.1) is 29.5 Å². The normalized spacial score (nSPS) is 11.0. The first-order valence-corrected chi connectivity index (χ1v) is 10.9. The maximum Gasteiger partial charge on any atom is 0.266 e. The van der Waals surface area contributed by atoms with Gasteiger partial charge in [0, 0.05) is 5.56 Å². The molecule has 0 N–H and O–H groups in total. The molecule has 0 aliphatic rings. The van der Waals surface area contributed by atoms with Crippen LogP contribution in [0.5, 0.6) is 5.75 Å². The van der Waals surface area contributed by atoms with Crippen LogP contribution in [0.2, 0.25) is 0 Å². The summed E-state index contributed by atoms with van der Waals surface area (Å²) in [6.45, 7) is 0. The lowest BCUT2D eigenvalue weighted by Gasteiger charge is -2.15. The quantitative estimate of drug-likeness (QED) is 0.277. The van der Waals surface area contributed by atoms with Crippen molar-refractivity contribution in [3.05, 3.63) is 95.1 Å². The highest BCUT2D eigenvalue weighted by molar-refractivity contribution is 7.98. The predicted molar refractivity (Wildman–Crippen MR) is 123 cm³/mol. The Morgan fingerprint density at radius 3 is 2.53 bits per heavy atom. The average molecular weight is 443 g/mol. The molecular weight excluding hydrogens is 424 g/mol. The van der Waals surface area contributed by atoms with Gasteiger partial charge >= 0.3 is 0 Å². The molecule has 2 heterocycles. The SMILES string of the molecule is COc1ccccc1-n1c(SCc2nc(-c3ccccc3)no2)nc2ccccc2c1=O. The first-order valence-electron chi connectivity index (χ1n) is 9.90. The lowest BCUT2D eigenvalue weighted by atomic mass is 10.2. The lowest BCUT2D eigenvalue weighted by molar-refractivity contribution is 0.391. The summed E-state index contributed by atoms with van der Waals surface area (Å²) in [5.74, 6) is 1.91. The Morgan fingerprint density at radius 2 is 1.69 bits per heavy atom. The molecule has 0 spiro atoms. The van der Waals surface area contributed by atoms with E-state index in [0.717, 1.165) is 5.56 Å². The summed E-state index contributed by atoms with van der Waals surface area (Å²) in [5.41, 5.74) is 1.96. The van der Waals surface area contributed by atoms with Crippen molar-refractivity contribution in [3.8, 4) is 22.8 Å². The third-order valence-electron chi connectivity index (χ3n) is 4.90. The highest BCUT2D eigenvalue weighted by Crippen LogP contribution is 2.29. The number of benzene rings is 3. The summed E-state index contributed by atoms with van der Waals surface area (Å²) in [4.78, 5) is 22.6. The van der Waals surface area contributed by atoms with Crippen LogP contribution in [0.4, 0.5) is 0 Å². The van der Waals surface area contributed by atoms with Crippen LogP contribution < -0.4 is 10.3 Å². The first-order chi connectivity index (χ1) is 15.7. The molecule has 0 bridgehead atoms. The number of para-hydroxylation sites is 3. The van der Waals surface area contributed by atoms with Crippen LogP contribution >= 0.6 is 11.8 Å². The van der Waals surface area contributed by atoms with Gasteiger partial charge in [0.15, 0.2) is 5.16 Å². The molecule has 0 saturated heterocycles. The number of thioether (sulfide) groups is 1. The van der Waals surface area contributed by atoms with E-state index in [4.69, 9.17) is 14.2 Å². The Labute approximate surface area is 187 Å². The molecular formula is C24H18N4O3S. The fraction of sp³-hybridized carbons (Fsp3) is 0.0833. The number of ether oxygens (including phenoxy) is 1. The van der Waals surface area contributed by atoms with Crippen molar-refractivity contribution < 1.29 is 9.26 Å². The van der Waals surface area contributed by atoms with Gasteiger partial charge in [0.2, 0.25) is 11.7 Å². The second kappa shape index (κ2) is 8.68.